The van der Waals surface area contributed by atoms with Gasteiger partial charge in [0.05, 0.1) is 7.11 Å². The number of rotatable bonds is 5. The Morgan fingerprint density at radius 1 is 1.06 bits per heavy atom. The van der Waals surface area contributed by atoms with Crippen molar-refractivity contribution in [2.45, 2.75) is 13.1 Å². The van der Waals surface area contributed by atoms with Crippen molar-refractivity contribution in [1.29, 1.82) is 0 Å². The van der Waals surface area contributed by atoms with E-state index in [1.165, 1.54) is 11.1 Å². The second-order valence-electron chi connectivity index (χ2n) is 3.67. The van der Waals surface area contributed by atoms with Crippen LogP contribution >= 0.6 is 0 Å². The van der Waals surface area contributed by atoms with Gasteiger partial charge in [-0.3, -0.25) is 0 Å². The molecular weight excluding hydrogens is 200 g/mol. The van der Waals surface area contributed by atoms with E-state index in [-0.39, 0.29) is 0 Å². The van der Waals surface area contributed by atoms with Crippen LogP contribution in [0.3, 0.4) is 0 Å². The highest BCUT2D eigenvalue weighted by Gasteiger charge is 1.95. The molecule has 0 radical (unpaired) electrons. The van der Waals surface area contributed by atoms with E-state index >= 15 is 0 Å². The molecule has 0 aliphatic heterocycles. The molecule has 1 aromatic heterocycles. The molecule has 0 aliphatic carbocycles. The maximum atomic E-state index is 5.11. The van der Waals surface area contributed by atoms with Gasteiger partial charge in [0.25, 0.3) is 0 Å². The van der Waals surface area contributed by atoms with Crippen LogP contribution in [0.25, 0.3) is 0 Å². The van der Waals surface area contributed by atoms with Crippen molar-refractivity contribution in [1.82, 2.24) is 10.3 Å². The summed E-state index contributed by atoms with van der Waals surface area (Å²) in [6.07, 6.45) is 3.94. The Balaban J connectivity index is 1.81. The highest BCUT2D eigenvalue weighted by Crippen LogP contribution is 2.11. The first-order valence-electron chi connectivity index (χ1n) is 5.34. The van der Waals surface area contributed by atoms with Crippen LogP contribution in [0.5, 0.6) is 5.75 Å². The molecule has 0 spiro atoms. The lowest BCUT2D eigenvalue weighted by Gasteiger charge is -2.04. The summed E-state index contributed by atoms with van der Waals surface area (Å²) < 4.78 is 5.11. The maximum Gasteiger partial charge on any atom is 0.118 e. The van der Waals surface area contributed by atoms with Gasteiger partial charge in [-0.15, -0.1) is 0 Å². The van der Waals surface area contributed by atoms with Gasteiger partial charge < -0.3 is 15.0 Å². The van der Waals surface area contributed by atoms with Gasteiger partial charge in [0, 0.05) is 25.5 Å². The van der Waals surface area contributed by atoms with Crippen LogP contribution in [-0.2, 0) is 13.1 Å². The molecule has 2 N–H and O–H groups in total. The molecule has 1 aromatic carbocycles. The lowest BCUT2D eigenvalue weighted by Crippen LogP contribution is -2.11. The van der Waals surface area contributed by atoms with Gasteiger partial charge in [0.15, 0.2) is 0 Å². The molecule has 0 aliphatic rings. The van der Waals surface area contributed by atoms with Crippen LogP contribution in [-0.4, -0.2) is 12.1 Å². The summed E-state index contributed by atoms with van der Waals surface area (Å²) in [5.41, 5.74) is 2.53. The smallest absolute Gasteiger partial charge is 0.118 e. The Bertz CT molecular complexity index is 406. The van der Waals surface area contributed by atoms with Crippen LogP contribution in [0.1, 0.15) is 11.1 Å². The number of methoxy groups -OCH3 is 1. The first-order valence-corrected chi connectivity index (χ1v) is 5.34. The summed E-state index contributed by atoms with van der Waals surface area (Å²) >= 11 is 0. The van der Waals surface area contributed by atoms with Crippen LogP contribution in [0, 0.1) is 0 Å². The van der Waals surface area contributed by atoms with Crippen molar-refractivity contribution in [2.75, 3.05) is 7.11 Å². The standard InChI is InChI=1S/C13H16N2O/c1-16-13-4-2-11(3-5-13)8-15-10-12-6-7-14-9-12/h2-7,9,14-15H,8,10H2,1H3. The van der Waals surface area contributed by atoms with E-state index in [0.717, 1.165) is 18.8 Å². The Kier molecular flexibility index (Phi) is 3.62. The predicted molar refractivity (Wildman–Crippen MR) is 64.3 cm³/mol. The second kappa shape index (κ2) is 5.37. The molecule has 0 atom stereocenters. The minimum atomic E-state index is 0.870. The number of hydrogen-bond acceptors (Lipinski definition) is 2. The second-order valence-corrected chi connectivity index (χ2v) is 3.67. The number of aromatic amines is 1. The van der Waals surface area contributed by atoms with Crippen molar-refractivity contribution in [2.24, 2.45) is 0 Å². The number of hydrogen-bond donors (Lipinski definition) is 2. The summed E-state index contributed by atoms with van der Waals surface area (Å²) in [4.78, 5) is 3.04. The van der Waals surface area contributed by atoms with Gasteiger partial charge >= 0.3 is 0 Å². The third kappa shape index (κ3) is 2.87. The van der Waals surface area contributed by atoms with Crippen molar-refractivity contribution < 1.29 is 4.74 Å². The Labute approximate surface area is 95.5 Å². The van der Waals surface area contributed by atoms with Crippen molar-refractivity contribution in [3.63, 3.8) is 0 Å². The summed E-state index contributed by atoms with van der Waals surface area (Å²) in [6, 6.07) is 10.2. The molecule has 2 aromatic rings. The lowest BCUT2D eigenvalue weighted by atomic mass is 10.2. The molecule has 1 heterocycles. The normalized spacial score (nSPS) is 10.3. The molecule has 0 bridgehead atoms. The van der Waals surface area contributed by atoms with E-state index < -0.39 is 0 Å². The molecule has 0 fully saturated rings. The molecular formula is C13H16N2O. The molecule has 16 heavy (non-hydrogen) atoms. The molecule has 0 unspecified atom stereocenters. The lowest BCUT2D eigenvalue weighted by molar-refractivity contribution is 0.414. The van der Waals surface area contributed by atoms with Gasteiger partial charge in [-0.25, -0.2) is 0 Å². The fraction of sp³-hybridized carbons (Fsp3) is 0.231. The van der Waals surface area contributed by atoms with Crippen LogP contribution in [0.2, 0.25) is 0 Å². The Morgan fingerprint density at radius 3 is 2.44 bits per heavy atom. The van der Waals surface area contributed by atoms with Crippen molar-refractivity contribution >= 4 is 0 Å². The maximum absolute atomic E-state index is 5.11. The monoisotopic (exact) mass is 216 g/mol. The summed E-state index contributed by atoms with van der Waals surface area (Å²) in [6.45, 7) is 1.75. The van der Waals surface area contributed by atoms with E-state index in [2.05, 4.69) is 28.5 Å². The predicted octanol–water partition coefficient (Wildman–Crippen LogP) is 2.31. The number of H-pyrrole nitrogens is 1. The van der Waals surface area contributed by atoms with Crippen LogP contribution in [0.4, 0.5) is 0 Å². The Morgan fingerprint density at radius 2 is 1.81 bits per heavy atom. The zero-order chi connectivity index (χ0) is 11.2. The molecule has 2 rings (SSSR count). The average Bonchev–Trinajstić information content (AvgIpc) is 2.83. The van der Waals surface area contributed by atoms with E-state index in [4.69, 9.17) is 4.74 Å². The zero-order valence-corrected chi connectivity index (χ0v) is 9.36. The highest BCUT2D eigenvalue weighted by molar-refractivity contribution is 5.27. The SMILES string of the molecule is COc1ccc(CNCc2cc[nH]c2)cc1. The largest absolute Gasteiger partial charge is 0.497 e. The summed E-state index contributed by atoms with van der Waals surface area (Å²) in [7, 11) is 1.68. The molecule has 84 valence electrons. The quantitative estimate of drug-likeness (QED) is 0.804. The Hall–Kier alpha value is -1.74. The minimum Gasteiger partial charge on any atom is -0.497 e. The molecule has 0 saturated carbocycles. The van der Waals surface area contributed by atoms with Gasteiger partial charge in [-0.2, -0.15) is 0 Å². The van der Waals surface area contributed by atoms with E-state index in [0.29, 0.717) is 0 Å². The van der Waals surface area contributed by atoms with Gasteiger partial charge in [0.2, 0.25) is 0 Å². The first-order chi connectivity index (χ1) is 7.88. The van der Waals surface area contributed by atoms with Gasteiger partial charge in [0.1, 0.15) is 5.75 Å². The van der Waals surface area contributed by atoms with Gasteiger partial charge in [-0.1, -0.05) is 12.1 Å². The molecule has 0 saturated heterocycles. The number of aromatic nitrogens is 1. The topological polar surface area (TPSA) is 37.0 Å². The fourth-order valence-electron chi connectivity index (χ4n) is 1.56. The third-order valence-corrected chi connectivity index (χ3v) is 2.48. The first kappa shape index (κ1) is 10.8. The van der Waals surface area contributed by atoms with E-state index in [1.807, 2.05) is 24.5 Å². The van der Waals surface area contributed by atoms with Crippen LogP contribution < -0.4 is 10.1 Å². The van der Waals surface area contributed by atoms with Gasteiger partial charge in [-0.05, 0) is 29.3 Å². The number of benzene rings is 1. The van der Waals surface area contributed by atoms with Crippen molar-refractivity contribution in [3.05, 3.63) is 53.9 Å². The fourth-order valence-corrected chi connectivity index (χ4v) is 1.56. The molecule has 0 amide bonds. The molecule has 3 heteroatoms. The van der Waals surface area contributed by atoms with E-state index in [9.17, 15) is 0 Å². The number of nitrogens with one attached hydrogen (secondary N) is 2. The van der Waals surface area contributed by atoms with Crippen LogP contribution in [0.15, 0.2) is 42.7 Å². The third-order valence-electron chi connectivity index (χ3n) is 2.48. The minimum absolute atomic E-state index is 0.870. The zero-order valence-electron chi connectivity index (χ0n) is 9.36. The highest BCUT2D eigenvalue weighted by atomic mass is 16.5. The molecule has 3 nitrogen and oxygen atoms in total. The summed E-state index contributed by atoms with van der Waals surface area (Å²) in [5.74, 6) is 0.898. The van der Waals surface area contributed by atoms with Crippen molar-refractivity contribution in [3.8, 4) is 5.75 Å². The average molecular weight is 216 g/mol. The number of ether oxygens (including phenoxy) is 1. The summed E-state index contributed by atoms with van der Waals surface area (Å²) in [5, 5.41) is 3.38. The van der Waals surface area contributed by atoms with E-state index in [1.54, 1.807) is 7.11 Å².